The molecule has 0 aliphatic heterocycles. The zero-order valence-corrected chi connectivity index (χ0v) is 13.3. The average molecular weight is 359 g/mol. The van der Waals surface area contributed by atoms with E-state index in [-0.39, 0.29) is 0 Å². The lowest BCUT2D eigenvalue weighted by Crippen LogP contribution is -2.24. The molecule has 0 unspecified atom stereocenters. The molecule has 0 heterocycles. The highest BCUT2D eigenvalue weighted by Crippen LogP contribution is 2.12. The number of nitrogens with zero attached hydrogens (tertiary/aromatic N) is 1. The predicted molar refractivity (Wildman–Crippen MR) is 91.2 cm³/mol. The molecule has 2 N–H and O–H groups in total. The third kappa shape index (κ3) is 4.95. The maximum absolute atomic E-state index is 11.7. The summed E-state index contributed by atoms with van der Waals surface area (Å²) in [4.78, 5) is 11.7. The Bertz CT molecular complexity index is 667. The van der Waals surface area contributed by atoms with E-state index >= 15 is 0 Å². The molecule has 0 bridgehead atoms. The Kier molecular flexibility index (Phi) is 6.06. The molecule has 4 nitrogen and oxygen atoms in total. The third-order valence-electron chi connectivity index (χ3n) is 2.86. The number of benzene rings is 2. The molecule has 1 atom stereocenters. The van der Waals surface area contributed by atoms with E-state index < -0.39 is 12.0 Å². The van der Waals surface area contributed by atoms with Gasteiger partial charge in [-0.2, -0.15) is 5.10 Å². The summed E-state index contributed by atoms with van der Waals surface area (Å²) >= 11 is 3.37. The van der Waals surface area contributed by atoms with Crippen molar-refractivity contribution in [3.63, 3.8) is 0 Å². The summed E-state index contributed by atoms with van der Waals surface area (Å²) < 4.78 is 1.01. The number of allylic oxidation sites excluding steroid dienone is 1. The molecule has 22 heavy (non-hydrogen) atoms. The van der Waals surface area contributed by atoms with E-state index in [1.165, 1.54) is 6.21 Å². The van der Waals surface area contributed by atoms with E-state index in [0.29, 0.717) is 5.56 Å². The number of hydrogen-bond acceptors (Lipinski definition) is 3. The van der Waals surface area contributed by atoms with E-state index in [4.69, 9.17) is 0 Å². The van der Waals surface area contributed by atoms with Gasteiger partial charge >= 0.3 is 0 Å². The highest BCUT2D eigenvalue weighted by Gasteiger charge is 2.15. The quantitative estimate of drug-likeness (QED) is 0.636. The molecular weight excluding hydrogens is 344 g/mol. The number of halogens is 1. The van der Waals surface area contributed by atoms with Crippen molar-refractivity contribution in [1.29, 1.82) is 0 Å². The molecule has 5 heteroatoms. The van der Waals surface area contributed by atoms with Gasteiger partial charge in [0.2, 0.25) is 0 Å². The van der Waals surface area contributed by atoms with Crippen LogP contribution in [-0.2, 0) is 4.79 Å². The average Bonchev–Trinajstić information content (AvgIpc) is 2.56. The fourth-order valence-corrected chi connectivity index (χ4v) is 1.98. The van der Waals surface area contributed by atoms with Gasteiger partial charge in [-0.25, -0.2) is 5.43 Å². The van der Waals surface area contributed by atoms with Crippen molar-refractivity contribution >= 4 is 34.1 Å². The molecule has 0 spiro atoms. The molecule has 0 aromatic heterocycles. The first kappa shape index (κ1) is 16.1. The third-order valence-corrected chi connectivity index (χ3v) is 3.39. The zero-order chi connectivity index (χ0) is 15.8. The Morgan fingerprint density at radius 3 is 2.50 bits per heavy atom. The minimum Gasteiger partial charge on any atom is -0.378 e. The van der Waals surface area contributed by atoms with Gasteiger partial charge in [-0.05, 0) is 29.3 Å². The first-order valence-electron chi connectivity index (χ1n) is 6.65. The molecule has 0 saturated heterocycles. The molecule has 0 fully saturated rings. The van der Waals surface area contributed by atoms with Crippen LogP contribution in [0.4, 0.5) is 0 Å². The Morgan fingerprint density at radius 1 is 1.14 bits per heavy atom. The van der Waals surface area contributed by atoms with Crippen LogP contribution in [0, 0.1) is 0 Å². The molecule has 2 aromatic carbocycles. The summed E-state index contributed by atoms with van der Waals surface area (Å²) in [6.45, 7) is 0. The van der Waals surface area contributed by atoms with Crippen LogP contribution in [0.1, 0.15) is 17.2 Å². The van der Waals surface area contributed by atoms with Crippen LogP contribution in [0.15, 0.2) is 70.2 Å². The predicted octanol–water partition coefficient (Wildman–Crippen LogP) is 3.30. The lowest BCUT2D eigenvalue weighted by molar-refractivity contribution is -0.129. The molecule has 0 aliphatic carbocycles. The number of carbonyl (C=O) groups is 1. The second kappa shape index (κ2) is 8.26. The molecule has 0 aliphatic rings. The monoisotopic (exact) mass is 358 g/mol. The maximum atomic E-state index is 11.7. The maximum Gasteiger partial charge on any atom is 0.273 e. The summed E-state index contributed by atoms with van der Waals surface area (Å²) in [6.07, 6.45) is 3.79. The molecule has 2 rings (SSSR count). The van der Waals surface area contributed by atoms with Gasteiger partial charge in [0.15, 0.2) is 6.10 Å². The largest absolute Gasteiger partial charge is 0.378 e. The standard InChI is InChI=1S/C17H15BrN2O2/c18-15-10-8-13(9-11-15)5-4-12-19-20-17(22)16(21)14-6-2-1-3-7-14/h1-12,16,21H,(H,20,22)/b5-4+,19-12-/t16-/m0/s1. The van der Waals surface area contributed by atoms with Crippen LogP contribution in [-0.4, -0.2) is 17.2 Å². The van der Waals surface area contributed by atoms with Gasteiger partial charge in [0.25, 0.3) is 5.91 Å². The summed E-state index contributed by atoms with van der Waals surface area (Å²) in [5, 5.41) is 13.6. The van der Waals surface area contributed by atoms with Gasteiger partial charge in [0.05, 0.1) is 0 Å². The smallest absolute Gasteiger partial charge is 0.273 e. The molecule has 2 aromatic rings. The van der Waals surface area contributed by atoms with Gasteiger partial charge in [-0.15, -0.1) is 0 Å². The molecule has 0 saturated carbocycles. The van der Waals surface area contributed by atoms with Crippen molar-refractivity contribution in [2.24, 2.45) is 5.10 Å². The topological polar surface area (TPSA) is 61.7 Å². The molecule has 1 amide bonds. The first-order chi connectivity index (χ1) is 10.7. The lowest BCUT2D eigenvalue weighted by Gasteiger charge is -2.08. The van der Waals surface area contributed by atoms with Crippen LogP contribution in [0.25, 0.3) is 6.08 Å². The Balaban J connectivity index is 1.84. The fraction of sp³-hybridized carbons (Fsp3) is 0.0588. The number of rotatable bonds is 5. The van der Waals surface area contributed by atoms with Gasteiger partial charge < -0.3 is 5.11 Å². The second-order valence-corrected chi connectivity index (χ2v) is 5.39. The molecule has 0 radical (unpaired) electrons. The van der Waals surface area contributed by atoms with Crippen LogP contribution >= 0.6 is 15.9 Å². The van der Waals surface area contributed by atoms with Crippen LogP contribution in [0.5, 0.6) is 0 Å². The lowest BCUT2D eigenvalue weighted by atomic mass is 10.1. The number of carbonyl (C=O) groups excluding carboxylic acids is 1. The Labute approximate surface area is 137 Å². The van der Waals surface area contributed by atoms with E-state index in [9.17, 15) is 9.90 Å². The minimum absolute atomic E-state index is 0.528. The number of hydrogen-bond donors (Lipinski definition) is 2. The van der Waals surface area contributed by atoms with Crippen molar-refractivity contribution in [3.05, 3.63) is 76.3 Å². The second-order valence-electron chi connectivity index (χ2n) is 4.48. The summed E-state index contributed by atoms with van der Waals surface area (Å²) in [5.41, 5.74) is 3.85. The van der Waals surface area contributed by atoms with Gasteiger partial charge in [-0.3, -0.25) is 4.79 Å². The summed E-state index contributed by atoms with van der Waals surface area (Å²) in [7, 11) is 0. The van der Waals surface area contributed by atoms with E-state index in [1.54, 1.807) is 30.3 Å². The number of hydrazone groups is 1. The Hall–Kier alpha value is -2.24. The van der Waals surface area contributed by atoms with Crippen molar-refractivity contribution in [3.8, 4) is 0 Å². The highest BCUT2D eigenvalue weighted by molar-refractivity contribution is 9.10. The fourth-order valence-electron chi connectivity index (χ4n) is 1.72. The highest BCUT2D eigenvalue weighted by atomic mass is 79.9. The molecule has 112 valence electrons. The van der Waals surface area contributed by atoms with Gasteiger partial charge in [-0.1, -0.05) is 64.5 Å². The normalized spacial score (nSPS) is 12.6. The van der Waals surface area contributed by atoms with E-state index in [2.05, 4.69) is 26.5 Å². The van der Waals surface area contributed by atoms with E-state index in [1.807, 2.05) is 36.4 Å². The Morgan fingerprint density at radius 2 is 1.82 bits per heavy atom. The van der Waals surface area contributed by atoms with Gasteiger partial charge in [0.1, 0.15) is 0 Å². The van der Waals surface area contributed by atoms with Crippen LogP contribution in [0.3, 0.4) is 0 Å². The number of nitrogens with one attached hydrogen (secondary N) is 1. The van der Waals surface area contributed by atoms with Crippen molar-refractivity contribution in [1.82, 2.24) is 5.43 Å². The van der Waals surface area contributed by atoms with E-state index in [0.717, 1.165) is 10.0 Å². The SMILES string of the molecule is O=C(N/N=C\C=C\c1ccc(Br)cc1)[C@@H](O)c1ccccc1. The van der Waals surface area contributed by atoms with Crippen molar-refractivity contribution < 1.29 is 9.90 Å². The van der Waals surface area contributed by atoms with Crippen molar-refractivity contribution in [2.45, 2.75) is 6.10 Å². The zero-order valence-electron chi connectivity index (χ0n) is 11.7. The summed E-state index contributed by atoms with van der Waals surface area (Å²) in [5.74, 6) is -0.570. The molecular formula is C17H15BrN2O2. The van der Waals surface area contributed by atoms with Crippen molar-refractivity contribution in [2.75, 3.05) is 0 Å². The summed E-state index contributed by atoms with van der Waals surface area (Å²) in [6, 6.07) is 16.5. The van der Waals surface area contributed by atoms with Gasteiger partial charge in [0, 0.05) is 10.7 Å². The number of amides is 1. The van der Waals surface area contributed by atoms with Crippen LogP contribution < -0.4 is 5.43 Å². The number of aliphatic hydroxyl groups excluding tert-OH is 1. The van der Waals surface area contributed by atoms with Crippen LogP contribution in [0.2, 0.25) is 0 Å². The first-order valence-corrected chi connectivity index (χ1v) is 7.44. The number of aliphatic hydroxyl groups is 1. The minimum atomic E-state index is -1.23.